The van der Waals surface area contributed by atoms with E-state index in [0.717, 1.165) is 44.4 Å². The quantitative estimate of drug-likeness (QED) is 0.336. The Bertz CT molecular complexity index is 839. The molecular formula is C30H44O2. The van der Waals surface area contributed by atoms with Crippen LogP contribution in [0.15, 0.2) is 48.1 Å². The molecule has 0 saturated heterocycles. The minimum Gasteiger partial charge on any atom is -0.369 e. The van der Waals surface area contributed by atoms with Gasteiger partial charge in [0, 0.05) is 12.0 Å². The van der Waals surface area contributed by atoms with E-state index in [1.807, 2.05) is 0 Å². The third kappa shape index (κ3) is 4.49. The van der Waals surface area contributed by atoms with Gasteiger partial charge < -0.3 is 4.74 Å². The highest BCUT2D eigenvalue weighted by atomic mass is 16.5. The van der Waals surface area contributed by atoms with Gasteiger partial charge in [0.05, 0.1) is 12.7 Å². The molecule has 176 valence electrons. The SMILES string of the molecule is C=C1C(=O)C[C@@H]2[C@H](CC2(C)C)C(=C)CC[C@@H]1OC/C1=C/CCC(=C)[C@H]2CC(C)(C)[C@@H]2CC1. The zero-order chi connectivity index (χ0) is 23.3. The van der Waals surface area contributed by atoms with Crippen molar-refractivity contribution in [3.05, 3.63) is 48.1 Å². The fourth-order valence-electron chi connectivity index (χ4n) is 7.16. The molecule has 2 heteroatoms. The van der Waals surface area contributed by atoms with Gasteiger partial charge in [0.1, 0.15) is 0 Å². The lowest BCUT2D eigenvalue weighted by atomic mass is 9.52. The van der Waals surface area contributed by atoms with Crippen LogP contribution in [0.2, 0.25) is 0 Å². The Morgan fingerprint density at radius 1 is 0.906 bits per heavy atom. The van der Waals surface area contributed by atoms with Crippen LogP contribution in [0.5, 0.6) is 0 Å². The van der Waals surface area contributed by atoms with Gasteiger partial charge in [-0.25, -0.2) is 0 Å². The largest absolute Gasteiger partial charge is 0.369 e. The molecule has 0 radical (unpaired) electrons. The van der Waals surface area contributed by atoms with E-state index >= 15 is 0 Å². The molecule has 0 aromatic rings. The molecule has 0 bridgehead atoms. The van der Waals surface area contributed by atoms with Crippen molar-refractivity contribution in [1.82, 2.24) is 0 Å². The molecule has 3 saturated carbocycles. The van der Waals surface area contributed by atoms with E-state index in [9.17, 15) is 4.79 Å². The van der Waals surface area contributed by atoms with Crippen molar-refractivity contribution >= 4 is 5.78 Å². The first kappa shape index (κ1) is 23.7. The Kier molecular flexibility index (Phi) is 6.49. The second-order valence-electron chi connectivity index (χ2n) is 12.6. The molecule has 0 unspecified atom stereocenters. The van der Waals surface area contributed by atoms with Gasteiger partial charge in [0.15, 0.2) is 5.78 Å². The Hall–Kier alpha value is -1.41. The molecule has 32 heavy (non-hydrogen) atoms. The lowest BCUT2D eigenvalue weighted by molar-refractivity contribution is -0.121. The fraction of sp³-hybridized carbons (Fsp3) is 0.700. The maximum Gasteiger partial charge on any atom is 0.161 e. The van der Waals surface area contributed by atoms with Gasteiger partial charge in [0.2, 0.25) is 0 Å². The first-order chi connectivity index (χ1) is 15.0. The number of fused-ring (bicyclic) bond motifs is 2. The summed E-state index contributed by atoms with van der Waals surface area (Å²) < 4.78 is 6.43. The minimum atomic E-state index is -0.184. The van der Waals surface area contributed by atoms with E-state index in [4.69, 9.17) is 4.74 Å². The Morgan fingerprint density at radius 3 is 2.19 bits per heavy atom. The molecule has 2 nitrogen and oxygen atoms in total. The van der Waals surface area contributed by atoms with Crippen molar-refractivity contribution in [2.24, 2.45) is 34.5 Å². The highest BCUT2D eigenvalue weighted by molar-refractivity contribution is 5.96. The van der Waals surface area contributed by atoms with Crippen molar-refractivity contribution in [1.29, 1.82) is 0 Å². The standard InChI is InChI=1S/C30H44O2/c1-19-9-8-10-22(12-13-25-23(19)16-29(25,4)5)18-32-28-14-11-20(2)24-17-30(6,7)26(24)15-27(31)21(28)3/h10,23-26,28H,1-3,8-9,11-18H2,4-7H3/b22-10+/t23-,24-,25-,26-,28+/m1/s1. The molecule has 0 spiro atoms. The van der Waals surface area contributed by atoms with E-state index < -0.39 is 0 Å². The van der Waals surface area contributed by atoms with Crippen LogP contribution in [0.4, 0.5) is 0 Å². The van der Waals surface area contributed by atoms with Gasteiger partial charge in [-0.2, -0.15) is 0 Å². The van der Waals surface area contributed by atoms with Gasteiger partial charge in [-0.05, 0) is 91.4 Å². The van der Waals surface area contributed by atoms with Crippen LogP contribution in [0.1, 0.15) is 85.5 Å². The number of allylic oxidation sites excluding steroid dienone is 3. The van der Waals surface area contributed by atoms with Crippen LogP contribution in [0.25, 0.3) is 0 Å². The van der Waals surface area contributed by atoms with E-state index in [1.165, 1.54) is 29.6 Å². The second kappa shape index (κ2) is 8.75. The monoisotopic (exact) mass is 436 g/mol. The molecule has 5 atom stereocenters. The molecule has 4 rings (SSSR count). The average molecular weight is 437 g/mol. The summed E-state index contributed by atoms with van der Waals surface area (Å²) in [5.41, 5.74) is 5.47. The summed E-state index contributed by atoms with van der Waals surface area (Å²) >= 11 is 0. The lowest BCUT2D eigenvalue weighted by Crippen LogP contribution is -2.45. The Morgan fingerprint density at radius 2 is 1.53 bits per heavy atom. The smallest absolute Gasteiger partial charge is 0.161 e. The average Bonchev–Trinajstić information content (AvgIpc) is 2.80. The molecule has 0 aromatic heterocycles. The summed E-state index contributed by atoms with van der Waals surface area (Å²) in [4.78, 5) is 13.1. The first-order valence-corrected chi connectivity index (χ1v) is 12.9. The summed E-state index contributed by atoms with van der Waals surface area (Å²) in [6.45, 7) is 23.0. The van der Waals surface area contributed by atoms with Crippen molar-refractivity contribution in [2.75, 3.05) is 6.61 Å². The van der Waals surface area contributed by atoms with Gasteiger partial charge >= 0.3 is 0 Å². The van der Waals surface area contributed by atoms with Gasteiger partial charge in [0.25, 0.3) is 0 Å². The number of hydrogen-bond acceptors (Lipinski definition) is 2. The molecule has 0 amide bonds. The zero-order valence-electron chi connectivity index (χ0n) is 21.0. The maximum absolute atomic E-state index is 13.1. The number of carbonyl (C=O) groups excluding carboxylic acids is 1. The van der Waals surface area contributed by atoms with Crippen LogP contribution in [0, 0.1) is 34.5 Å². The van der Waals surface area contributed by atoms with E-state index in [-0.39, 0.29) is 17.3 Å². The Labute approximate surface area is 196 Å². The number of ketones is 1. The summed E-state index contributed by atoms with van der Waals surface area (Å²) in [5, 5.41) is 0. The normalized spacial score (nSPS) is 38.8. The second-order valence-corrected chi connectivity index (χ2v) is 12.6. The molecule has 4 aliphatic carbocycles. The van der Waals surface area contributed by atoms with Crippen LogP contribution < -0.4 is 0 Å². The van der Waals surface area contributed by atoms with Crippen molar-refractivity contribution < 1.29 is 9.53 Å². The van der Waals surface area contributed by atoms with Crippen molar-refractivity contribution in [3.8, 4) is 0 Å². The third-order valence-electron chi connectivity index (χ3n) is 9.54. The van der Waals surface area contributed by atoms with Gasteiger partial charge in [-0.1, -0.05) is 64.7 Å². The summed E-state index contributed by atoms with van der Waals surface area (Å²) in [6, 6.07) is 0. The summed E-state index contributed by atoms with van der Waals surface area (Å²) in [7, 11) is 0. The van der Waals surface area contributed by atoms with Crippen LogP contribution >= 0.6 is 0 Å². The molecule has 4 aliphatic rings. The fourth-order valence-corrected chi connectivity index (χ4v) is 7.16. The molecule has 3 fully saturated rings. The summed E-state index contributed by atoms with van der Waals surface area (Å²) in [5.74, 6) is 2.54. The highest BCUT2D eigenvalue weighted by Gasteiger charge is 2.50. The first-order valence-electron chi connectivity index (χ1n) is 12.9. The van der Waals surface area contributed by atoms with Crippen LogP contribution in [-0.2, 0) is 9.53 Å². The molecule has 0 aromatic carbocycles. The highest BCUT2D eigenvalue weighted by Crippen LogP contribution is 2.57. The molecule has 0 heterocycles. The van der Waals surface area contributed by atoms with E-state index in [2.05, 4.69) is 53.5 Å². The summed E-state index contributed by atoms with van der Waals surface area (Å²) in [6.07, 6.45) is 11.4. The number of rotatable bonds is 3. The molecule has 0 N–H and O–H groups in total. The van der Waals surface area contributed by atoms with Gasteiger partial charge in [-0.3, -0.25) is 4.79 Å². The zero-order valence-corrected chi connectivity index (χ0v) is 21.0. The predicted molar refractivity (Wildman–Crippen MR) is 133 cm³/mol. The third-order valence-corrected chi connectivity index (χ3v) is 9.54. The number of ether oxygens (including phenoxy) is 1. The van der Waals surface area contributed by atoms with E-state index in [0.29, 0.717) is 41.8 Å². The van der Waals surface area contributed by atoms with Crippen LogP contribution in [-0.4, -0.2) is 18.5 Å². The minimum absolute atomic E-state index is 0.184. The molecule has 0 aliphatic heterocycles. The van der Waals surface area contributed by atoms with Gasteiger partial charge in [-0.15, -0.1) is 0 Å². The van der Waals surface area contributed by atoms with E-state index in [1.54, 1.807) is 0 Å². The van der Waals surface area contributed by atoms with Crippen molar-refractivity contribution in [2.45, 2.75) is 91.6 Å². The predicted octanol–water partition coefficient (Wildman–Crippen LogP) is 7.62. The lowest BCUT2D eigenvalue weighted by Gasteiger charge is -2.53. The Balaban J connectivity index is 1.40. The van der Waals surface area contributed by atoms with Crippen LogP contribution in [0.3, 0.4) is 0 Å². The number of carbonyl (C=O) groups is 1. The number of Topliss-reactive ketones (excluding diaryl/α,β-unsaturated/α-hetero) is 1. The maximum atomic E-state index is 13.1. The topological polar surface area (TPSA) is 26.3 Å². The number of hydrogen-bond donors (Lipinski definition) is 0. The molecular weight excluding hydrogens is 392 g/mol. The van der Waals surface area contributed by atoms with Crippen molar-refractivity contribution in [3.63, 3.8) is 0 Å².